The predicted molar refractivity (Wildman–Crippen MR) is 53.2 cm³/mol. The molecule has 14 heavy (non-hydrogen) atoms. The predicted octanol–water partition coefficient (Wildman–Crippen LogP) is 0.949. The summed E-state index contributed by atoms with van der Waals surface area (Å²) in [6.45, 7) is 4.21. The molecular formula is C9H18N2O3. The topological polar surface area (TPSA) is 78.4 Å². The third-order valence-corrected chi connectivity index (χ3v) is 1.81. The van der Waals surface area contributed by atoms with Crippen LogP contribution in [0, 0.1) is 0 Å². The van der Waals surface area contributed by atoms with Gasteiger partial charge in [-0.3, -0.25) is 4.79 Å². The molecule has 0 rings (SSSR count). The van der Waals surface area contributed by atoms with Crippen LogP contribution in [0.2, 0.25) is 0 Å². The number of hydrogen-bond donors (Lipinski definition) is 3. The minimum Gasteiger partial charge on any atom is -0.465 e. The number of hydrogen-bond acceptors (Lipinski definition) is 2. The van der Waals surface area contributed by atoms with E-state index in [9.17, 15) is 9.59 Å². The van der Waals surface area contributed by atoms with E-state index in [1.165, 1.54) is 6.92 Å². The fourth-order valence-electron chi connectivity index (χ4n) is 0.990. The molecule has 1 atom stereocenters. The Morgan fingerprint density at radius 1 is 1.36 bits per heavy atom. The summed E-state index contributed by atoms with van der Waals surface area (Å²) in [6, 6.07) is -0.686. The maximum absolute atomic E-state index is 11.2. The summed E-state index contributed by atoms with van der Waals surface area (Å²) < 4.78 is 0. The lowest BCUT2D eigenvalue weighted by molar-refractivity contribution is -0.122. The quantitative estimate of drug-likeness (QED) is 0.561. The molecule has 0 fully saturated rings. The molecule has 0 aliphatic carbocycles. The van der Waals surface area contributed by atoms with Gasteiger partial charge in [0.05, 0.1) is 0 Å². The fourth-order valence-corrected chi connectivity index (χ4v) is 0.990. The zero-order valence-electron chi connectivity index (χ0n) is 8.67. The van der Waals surface area contributed by atoms with Gasteiger partial charge in [-0.2, -0.15) is 0 Å². The number of carbonyl (C=O) groups excluding carboxylic acids is 1. The summed E-state index contributed by atoms with van der Waals surface area (Å²) in [7, 11) is 0. The van der Waals surface area contributed by atoms with E-state index in [4.69, 9.17) is 5.11 Å². The van der Waals surface area contributed by atoms with E-state index in [1.807, 2.05) is 0 Å². The van der Waals surface area contributed by atoms with Crippen molar-refractivity contribution in [3.05, 3.63) is 0 Å². The van der Waals surface area contributed by atoms with Crippen molar-refractivity contribution >= 4 is 12.0 Å². The molecule has 0 unspecified atom stereocenters. The Balaban J connectivity index is 3.57. The van der Waals surface area contributed by atoms with Crippen LogP contribution in [0.5, 0.6) is 0 Å². The van der Waals surface area contributed by atoms with Crippen LogP contribution in [0.3, 0.4) is 0 Å². The van der Waals surface area contributed by atoms with Gasteiger partial charge in [0.25, 0.3) is 0 Å². The van der Waals surface area contributed by atoms with Gasteiger partial charge in [0, 0.05) is 6.54 Å². The Morgan fingerprint density at radius 3 is 2.50 bits per heavy atom. The Labute approximate surface area is 83.9 Å². The molecule has 0 heterocycles. The molecule has 82 valence electrons. The van der Waals surface area contributed by atoms with E-state index < -0.39 is 12.1 Å². The van der Waals surface area contributed by atoms with Gasteiger partial charge < -0.3 is 15.7 Å². The molecule has 0 aliphatic rings. The Morgan fingerprint density at radius 2 is 2.00 bits per heavy atom. The van der Waals surface area contributed by atoms with Crippen molar-refractivity contribution in [3.63, 3.8) is 0 Å². The van der Waals surface area contributed by atoms with E-state index >= 15 is 0 Å². The molecular weight excluding hydrogens is 184 g/mol. The molecule has 0 bridgehead atoms. The van der Waals surface area contributed by atoms with Crippen LogP contribution in [0.4, 0.5) is 4.79 Å². The van der Waals surface area contributed by atoms with Crippen molar-refractivity contribution in [2.75, 3.05) is 6.54 Å². The molecule has 0 aliphatic heterocycles. The second kappa shape index (κ2) is 7.17. The van der Waals surface area contributed by atoms with Crippen LogP contribution in [0.25, 0.3) is 0 Å². The highest BCUT2D eigenvalue weighted by molar-refractivity contribution is 5.84. The van der Waals surface area contributed by atoms with E-state index in [0.717, 1.165) is 19.3 Å². The van der Waals surface area contributed by atoms with E-state index in [2.05, 4.69) is 17.6 Å². The SMILES string of the molecule is CCCCCNC(=O)[C@H](C)NC(=O)O. The number of carbonyl (C=O) groups is 2. The van der Waals surface area contributed by atoms with Crippen LogP contribution in [0.1, 0.15) is 33.1 Å². The first-order valence-electron chi connectivity index (χ1n) is 4.85. The lowest BCUT2D eigenvalue weighted by Gasteiger charge is -2.11. The van der Waals surface area contributed by atoms with Gasteiger partial charge in [0.15, 0.2) is 0 Å². The number of unbranched alkanes of at least 4 members (excludes halogenated alkanes) is 2. The standard InChI is InChI=1S/C9H18N2O3/c1-3-4-5-6-10-8(12)7(2)11-9(13)14/h7,11H,3-6H2,1-2H3,(H,10,12)(H,13,14)/t7-/m0/s1. The van der Waals surface area contributed by atoms with Crippen LogP contribution < -0.4 is 10.6 Å². The molecule has 5 nitrogen and oxygen atoms in total. The zero-order valence-corrected chi connectivity index (χ0v) is 8.67. The van der Waals surface area contributed by atoms with Crippen molar-refractivity contribution in [2.24, 2.45) is 0 Å². The Kier molecular flexibility index (Phi) is 6.53. The molecule has 0 aromatic rings. The Bertz CT molecular complexity index is 194. The second-order valence-electron chi connectivity index (χ2n) is 3.17. The minimum atomic E-state index is -1.18. The normalized spacial score (nSPS) is 11.9. The maximum atomic E-state index is 11.2. The number of nitrogens with one attached hydrogen (secondary N) is 2. The number of rotatable bonds is 6. The summed E-state index contributed by atoms with van der Waals surface area (Å²) >= 11 is 0. The fraction of sp³-hybridized carbons (Fsp3) is 0.778. The molecule has 0 aromatic carbocycles. The summed E-state index contributed by atoms with van der Waals surface area (Å²) in [5, 5.41) is 13.1. The van der Waals surface area contributed by atoms with E-state index in [1.54, 1.807) is 0 Å². The minimum absolute atomic E-state index is 0.275. The number of amides is 2. The third-order valence-electron chi connectivity index (χ3n) is 1.81. The molecule has 5 heteroatoms. The van der Waals surface area contributed by atoms with Crippen molar-refractivity contribution in [1.82, 2.24) is 10.6 Å². The molecule has 0 saturated carbocycles. The van der Waals surface area contributed by atoms with E-state index in [-0.39, 0.29) is 5.91 Å². The molecule has 0 radical (unpaired) electrons. The monoisotopic (exact) mass is 202 g/mol. The van der Waals surface area contributed by atoms with Crippen molar-refractivity contribution in [3.8, 4) is 0 Å². The lowest BCUT2D eigenvalue weighted by atomic mass is 10.2. The molecule has 2 amide bonds. The average molecular weight is 202 g/mol. The Hall–Kier alpha value is -1.26. The summed E-state index contributed by atoms with van der Waals surface area (Å²) in [6.07, 6.45) is 1.92. The van der Waals surface area contributed by atoms with Crippen LogP contribution in [-0.4, -0.2) is 29.7 Å². The van der Waals surface area contributed by atoms with Gasteiger partial charge in [-0.25, -0.2) is 4.79 Å². The second-order valence-corrected chi connectivity index (χ2v) is 3.17. The zero-order chi connectivity index (χ0) is 11.0. The van der Waals surface area contributed by atoms with Crippen LogP contribution in [-0.2, 0) is 4.79 Å². The highest BCUT2D eigenvalue weighted by atomic mass is 16.4. The smallest absolute Gasteiger partial charge is 0.405 e. The number of carboxylic acid groups (broad SMARTS) is 1. The summed E-state index contributed by atoms with van der Waals surface area (Å²) in [5.74, 6) is -0.275. The molecule has 3 N–H and O–H groups in total. The van der Waals surface area contributed by atoms with Gasteiger partial charge >= 0.3 is 6.09 Å². The summed E-state index contributed by atoms with van der Waals surface area (Å²) in [5.41, 5.74) is 0. The lowest BCUT2D eigenvalue weighted by Crippen LogP contribution is -2.44. The van der Waals surface area contributed by atoms with E-state index in [0.29, 0.717) is 6.54 Å². The largest absolute Gasteiger partial charge is 0.465 e. The molecule has 0 saturated heterocycles. The summed E-state index contributed by atoms with van der Waals surface area (Å²) in [4.78, 5) is 21.4. The molecule has 0 spiro atoms. The highest BCUT2D eigenvalue weighted by Crippen LogP contribution is 1.91. The highest BCUT2D eigenvalue weighted by Gasteiger charge is 2.13. The van der Waals surface area contributed by atoms with Crippen LogP contribution >= 0.6 is 0 Å². The first-order valence-corrected chi connectivity index (χ1v) is 4.85. The van der Waals surface area contributed by atoms with Gasteiger partial charge in [-0.15, -0.1) is 0 Å². The average Bonchev–Trinajstić information content (AvgIpc) is 2.11. The van der Waals surface area contributed by atoms with Crippen LogP contribution in [0.15, 0.2) is 0 Å². The molecule has 0 aromatic heterocycles. The van der Waals surface area contributed by atoms with Crippen molar-refractivity contribution < 1.29 is 14.7 Å². The maximum Gasteiger partial charge on any atom is 0.405 e. The first-order chi connectivity index (χ1) is 6.57. The first kappa shape index (κ1) is 12.7. The third kappa shape index (κ3) is 6.28. The van der Waals surface area contributed by atoms with Gasteiger partial charge in [0.1, 0.15) is 6.04 Å². The van der Waals surface area contributed by atoms with Gasteiger partial charge in [0.2, 0.25) is 5.91 Å². The van der Waals surface area contributed by atoms with Gasteiger partial charge in [-0.1, -0.05) is 19.8 Å². The van der Waals surface area contributed by atoms with Crippen molar-refractivity contribution in [2.45, 2.75) is 39.2 Å². The van der Waals surface area contributed by atoms with Crippen molar-refractivity contribution in [1.29, 1.82) is 0 Å². The van der Waals surface area contributed by atoms with Gasteiger partial charge in [-0.05, 0) is 13.3 Å².